The molecule has 88 valence electrons. The molecule has 2 aromatic heterocycles. The zero-order valence-corrected chi connectivity index (χ0v) is 11.3. The molecule has 0 saturated carbocycles. The van der Waals surface area contributed by atoms with Gasteiger partial charge in [-0.15, -0.1) is 0 Å². The van der Waals surface area contributed by atoms with E-state index in [9.17, 15) is 0 Å². The van der Waals surface area contributed by atoms with E-state index < -0.39 is 0 Å². The van der Waals surface area contributed by atoms with Crippen LogP contribution in [0.5, 0.6) is 0 Å². The third-order valence-corrected chi connectivity index (χ3v) is 3.12. The predicted molar refractivity (Wildman–Crippen MR) is 75.2 cm³/mol. The second-order valence-corrected chi connectivity index (χ2v) is 4.82. The molecule has 1 aromatic carbocycles. The highest BCUT2D eigenvalue weighted by molar-refractivity contribution is 9.10. The van der Waals surface area contributed by atoms with Crippen molar-refractivity contribution in [2.45, 2.75) is 6.92 Å². The van der Waals surface area contributed by atoms with Gasteiger partial charge >= 0.3 is 0 Å². The Morgan fingerprint density at radius 1 is 1.06 bits per heavy atom. The Morgan fingerprint density at radius 3 is 2.72 bits per heavy atom. The number of pyridine rings is 1. The number of benzene rings is 1. The Labute approximate surface area is 113 Å². The predicted octanol–water partition coefficient (Wildman–Crippen LogP) is 3.76. The van der Waals surface area contributed by atoms with Crippen molar-refractivity contribution in [2.24, 2.45) is 0 Å². The molecule has 0 aliphatic rings. The summed E-state index contributed by atoms with van der Waals surface area (Å²) in [6.07, 6.45) is 1.80. The van der Waals surface area contributed by atoms with E-state index in [1.54, 1.807) is 6.20 Å². The fourth-order valence-corrected chi connectivity index (χ4v) is 2.45. The Morgan fingerprint density at radius 2 is 1.89 bits per heavy atom. The van der Waals surface area contributed by atoms with Crippen LogP contribution in [-0.2, 0) is 0 Å². The minimum absolute atomic E-state index is 0.743. The lowest BCUT2D eigenvalue weighted by Crippen LogP contribution is -1.93. The maximum absolute atomic E-state index is 4.47. The van der Waals surface area contributed by atoms with Crippen LogP contribution in [0.15, 0.2) is 47.2 Å². The number of para-hydroxylation sites is 1. The smallest absolute Gasteiger partial charge is 0.127 e. The first-order valence-corrected chi connectivity index (χ1v) is 6.38. The van der Waals surface area contributed by atoms with Crippen molar-refractivity contribution in [3.8, 4) is 11.3 Å². The minimum atomic E-state index is 0.743. The van der Waals surface area contributed by atoms with Gasteiger partial charge in [-0.1, -0.05) is 24.3 Å². The topological polar surface area (TPSA) is 38.7 Å². The van der Waals surface area contributed by atoms with Crippen molar-refractivity contribution in [1.29, 1.82) is 0 Å². The van der Waals surface area contributed by atoms with E-state index in [0.717, 1.165) is 32.6 Å². The molecular weight excluding hydrogens is 290 g/mol. The number of hydrogen-bond acceptors (Lipinski definition) is 3. The molecule has 3 aromatic rings. The monoisotopic (exact) mass is 299 g/mol. The van der Waals surface area contributed by atoms with Crippen molar-refractivity contribution in [3.05, 3.63) is 53.0 Å². The zero-order valence-electron chi connectivity index (χ0n) is 9.76. The van der Waals surface area contributed by atoms with Crippen LogP contribution >= 0.6 is 15.9 Å². The molecule has 0 unspecified atom stereocenters. The molecule has 18 heavy (non-hydrogen) atoms. The summed E-state index contributed by atoms with van der Waals surface area (Å²) in [5.41, 5.74) is 2.88. The number of halogens is 1. The summed E-state index contributed by atoms with van der Waals surface area (Å²) in [7, 11) is 0. The largest absolute Gasteiger partial charge is 0.256 e. The van der Waals surface area contributed by atoms with Crippen molar-refractivity contribution in [2.75, 3.05) is 0 Å². The van der Waals surface area contributed by atoms with Gasteiger partial charge in [0.2, 0.25) is 0 Å². The number of fused-ring (bicyclic) bond motifs is 1. The summed E-state index contributed by atoms with van der Waals surface area (Å²) >= 11 is 3.40. The molecule has 0 spiro atoms. The van der Waals surface area contributed by atoms with Gasteiger partial charge in [0.15, 0.2) is 0 Å². The molecule has 4 heteroatoms. The molecule has 3 nitrogen and oxygen atoms in total. The van der Waals surface area contributed by atoms with Gasteiger partial charge in [-0.2, -0.15) is 0 Å². The van der Waals surface area contributed by atoms with Gasteiger partial charge in [0.25, 0.3) is 0 Å². The highest BCUT2D eigenvalue weighted by Crippen LogP contribution is 2.26. The average Bonchev–Trinajstić information content (AvgIpc) is 2.37. The fraction of sp³-hybridized carbons (Fsp3) is 0.0714. The van der Waals surface area contributed by atoms with E-state index in [-0.39, 0.29) is 0 Å². The summed E-state index contributed by atoms with van der Waals surface area (Å²) in [5.74, 6) is 0.743. The van der Waals surface area contributed by atoms with E-state index in [2.05, 4.69) is 43.0 Å². The van der Waals surface area contributed by atoms with E-state index in [4.69, 9.17) is 0 Å². The van der Waals surface area contributed by atoms with Crippen LogP contribution in [0.2, 0.25) is 0 Å². The summed E-state index contributed by atoms with van der Waals surface area (Å²) in [6.45, 7) is 1.88. The van der Waals surface area contributed by atoms with E-state index >= 15 is 0 Å². The van der Waals surface area contributed by atoms with Gasteiger partial charge in [0, 0.05) is 17.1 Å². The van der Waals surface area contributed by atoms with Gasteiger partial charge < -0.3 is 0 Å². The van der Waals surface area contributed by atoms with Crippen LogP contribution in [0.4, 0.5) is 0 Å². The standard InChI is InChI=1S/C14H10BrN3/c1-9-17-12(8-13(15)18-9)11-6-2-4-10-5-3-7-16-14(10)11/h2-8H,1H3. The first-order valence-electron chi connectivity index (χ1n) is 5.59. The van der Waals surface area contributed by atoms with Crippen LogP contribution < -0.4 is 0 Å². The van der Waals surface area contributed by atoms with Crippen LogP contribution in [0.1, 0.15) is 5.82 Å². The maximum atomic E-state index is 4.47. The fourth-order valence-electron chi connectivity index (χ4n) is 1.98. The number of rotatable bonds is 1. The third-order valence-electron chi connectivity index (χ3n) is 2.72. The quantitative estimate of drug-likeness (QED) is 0.642. The van der Waals surface area contributed by atoms with Crippen molar-refractivity contribution < 1.29 is 0 Å². The first-order chi connectivity index (χ1) is 8.74. The number of nitrogens with zero attached hydrogens (tertiary/aromatic N) is 3. The highest BCUT2D eigenvalue weighted by atomic mass is 79.9. The van der Waals surface area contributed by atoms with Crippen LogP contribution in [0.3, 0.4) is 0 Å². The maximum Gasteiger partial charge on any atom is 0.127 e. The molecule has 0 fully saturated rings. The molecule has 0 N–H and O–H groups in total. The zero-order chi connectivity index (χ0) is 12.5. The van der Waals surface area contributed by atoms with Gasteiger partial charge in [0.05, 0.1) is 11.2 Å². The molecule has 0 bridgehead atoms. The van der Waals surface area contributed by atoms with E-state index in [0.29, 0.717) is 0 Å². The van der Waals surface area contributed by atoms with Crippen molar-refractivity contribution in [1.82, 2.24) is 15.0 Å². The number of aromatic nitrogens is 3. The Hall–Kier alpha value is -1.81. The average molecular weight is 300 g/mol. The summed E-state index contributed by atoms with van der Waals surface area (Å²) in [6, 6.07) is 12.0. The molecule has 0 radical (unpaired) electrons. The normalized spacial score (nSPS) is 10.8. The van der Waals surface area contributed by atoms with E-state index in [1.165, 1.54) is 0 Å². The first kappa shape index (κ1) is 11.3. The second kappa shape index (κ2) is 4.46. The number of hydrogen-bond donors (Lipinski definition) is 0. The van der Waals surface area contributed by atoms with Gasteiger partial charge in [-0.05, 0) is 35.0 Å². The third kappa shape index (κ3) is 1.99. The summed E-state index contributed by atoms with van der Waals surface area (Å²) in [5, 5.41) is 1.11. The molecule has 0 aliphatic heterocycles. The molecular formula is C14H10BrN3. The Kier molecular flexibility index (Phi) is 2.80. The Bertz CT molecular complexity index is 700. The molecule has 3 rings (SSSR count). The molecule has 0 amide bonds. The minimum Gasteiger partial charge on any atom is -0.256 e. The molecule has 0 saturated heterocycles. The van der Waals surface area contributed by atoms with Crippen molar-refractivity contribution >= 4 is 26.8 Å². The lowest BCUT2D eigenvalue weighted by atomic mass is 10.1. The lowest BCUT2D eigenvalue weighted by Gasteiger charge is -2.06. The number of aryl methyl sites for hydroxylation is 1. The highest BCUT2D eigenvalue weighted by Gasteiger charge is 2.07. The summed E-state index contributed by atoms with van der Waals surface area (Å²) in [4.78, 5) is 13.1. The van der Waals surface area contributed by atoms with Gasteiger partial charge in [-0.3, -0.25) is 4.98 Å². The van der Waals surface area contributed by atoms with E-state index in [1.807, 2.05) is 31.2 Å². The lowest BCUT2D eigenvalue weighted by molar-refractivity contribution is 1.04. The van der Waals surface area contributed by atoms with Crippen LogP contribution in [0.25, 0.3) is 22.2 Å². The summed E-state index contributed by atoms with van der Waals surface area (Å²) < 4.78 is 0.790. The van der Waals surface area contributed by atoms with Crippen LogP contribution in [-0.4, -0.2) is 15.0 Å². The molecule has 0 aliphatic carbocycles. The van der Waals surface area contributed by atoms with Gasteiger partial charge in [-0.25, -0.2) is 9.97 Å². The Balaban J connectivity index is 2.31. The second-order valence-electron chi connectivity index (χ2n) is 4.00. The molecule has 0 atom stereocenters. The van der Waals surface area contributed by atoms with Crippen molar-refractivity contribution in [3.63, 3.8) is 0 Å². The van der Waals surface area contributed by atoms with Crippen LogP contribution in [0, 0.1) is 6.92 Å². The van der Waals surface area contributed by atoms with Gasteiger partial charge in [0.1, 0.15) is 10.4 Å². The SMILES string of the molecule is Cc1nc(Br)cc(-c2cccc3cccnc23)n1. The molecule has 2 heterocycles.